The van der Waals surface area contributed by atoms with Crippen molar-refractivity contribution in [2.24, 2.45) is 11.7 Å². The zero-order chi connectivity index (χ0) is 12.1. The van der Waals surface area contributed by atoms with Gasteiger partial charge in [-0.15, -0.1) is 0 Å². The number of halogens is 1. The number of carbonyl (C=O) groups is 1. The van der Waals surface area contributed by atoms with Crippen LogP contribution in [-0.2, 0) is 11.3 Å². The highest BCUT2D eigenvalue weighted by Gasteiger charge is 2.21. The lowest BCUT2D eigenvalue weighted by Gasteiger charge is -2.10. The topological polar surface area (TPSA) is 70.1 Å². The van der Waals surface area contributed by atoms with Crippen molar-refractivity contribution in [1.82, 2.24) is 9.78 Å². The molecule has 0 spiro atoms. The minimum Gasteiger partial charge on any atom is -0.383 e. The Kier molecular flexibility index (Phi) is 5.11. The summed E-state index contributed by atoms with van der Waals surface area (Å²) in [5, 5.41) is 4.12. The Morgan fingerprint density at radius 2 is 2.44 bits per heavy atom. The van der Waals surface area contributed by atoms with Gasteiger partial charge in [-0.3, -0.25) is 9.48 Å². The van der Waals surface area contributed by atoms with Crippen LogP contribution in [0.25, 0.3) is 0 Å². The van der Waals surface area contributed by atoms with Crippen LogP contribution >= 0.6 is 15.9 Å². The molecule has 0 aromatic carbocycles. The molecule has 0 amide bonds. The lowest BCUT2D eigenvalue weighted by Crippen LogP contribution is -2.24. The van der Waals surface area contributed by atoms with Crippen LogP contribution in [0.15, 0.2) is 10.7 Å². The van der Waals surface area contributed by atoms with Gasteiger partial charge in [0.2, 0.25) is 0 Å². The molecule has 1 aromatic heterocycles. The van der Waals surface area contributed by atoms with Crippen LogP contribution < -0.4 is 5.73 Å². The van der Waals surface area contributed by atoms with Crippen molar-refractivity contribution < 1.29 is 9.53 Å². The SMILES string of the molecule is COCCn1ncc(Br)c1C(=O)C(C)CN. The Balaban J connectivity index is 2.92. The minimum absolute atomic E-state index is 0.00276. The van der Waals surface area contributed by atoms with Gasteiger partial charge in [-0.25, -0.2) is 0 Å². The summed E-state index contributed by atoms with van der Waals surface area (Å²) in [7, 11) is 1.61. The van der Waals surface area contributed by atoms with E-state index >= 15 is 0 Å². The van der Waals surface area contributed by atoms with Crippen LogP contribution in [0.1, 0.15) is 17.4 Å². The van der Waals surface area contributed by atoms with Gasteiger partial charge < -0.3 is 10.5 Å². The second-order valence-corrected chi connectivity index (χ2v) is 4.41. The third kappa shape index (κ3) is 2.90. The molecule has 5 nitrogen and oxygen atoms in total. The molecule has 0 aliphatic heterocycles. The first kappa shape index (κ1) is 13.3. The van der Waals surface area contributed by atoms with E-state index in [-0.39, 0.29) is 11.7 Å². The first-order valence-corrected chi connectivity index (χ1v) is 5.85. The molecular weight excluding hydrogens is 274 g/mol. The highest BCUT2D eigenvalue weighted by Crippen LogP contribution is 2.19. The van der Waals surface area contributed by atoms with Gasteiger partial charge in [-0.05, 0) is 15.9 Å². The number of methoxy groups -OCH3 is 1. The van der Waals surface area contributed by atoms with Crippen molar-refractivity contribution in [3.63, 3.8) is 0 Å². The van der Waals surface area contributed by atoms with Crippen molar-refractivity contribution in [3.05, 3.63) is 16.4 Å². The summed E-state index contributed by atoms with van der Waals surface area (Å²) in [6, 6.07) is 0. The predicted octanol–water partition coefficient (Wildman–Crippen LogP) is 1.07. The minimum atomic E-state index is -0.200. The van der Waals surface area contributed by atoms with Gasteiger partial charge in [0.1, 0.15) is 5.69 Å². The molecule has 0 bridgehead atoms. The third-order valence-corrected chi connectivity index (χ3v) is 2.92. The molecule has 1 heterocycles. The van der Waals surface area contributed by atoms with E-state index in [4.69, 9.17) is 10.5 Å². The number of nitrogens with zero attached hydrogens (tertiary/aromatic N) is 2. The molecule has 1 rings (SSSR count). The van der Waals surface area contributed by atoms with Crippen molar-refractivity contribution in [1.29, 1.82) is 0 Å². The van der Waals surface area contributed by atoms with Gasteiger partial charge in [0.25, 0.3) is 0 Å². The maximum atomic E-state index is 12.0. The van der Waals surface area contributed by atoms with E-state index in [1.165, 1.54) is 0 Å². The second kappa shape index (κ2) is 6.12. The number of hydrogen-bond acceptors (Lipinski definition) is 4. The van der Waals surface area contributed by atoms with Crippen molar-refractivity contribution in [3.8, 4) is 0 Å². The summed E-state index contributed by atoms with van der Waals surface area (Å²) < 4.78 is 7.31. The zero-order valence-electron chi connectivity index (χ0n) is 9.44. The molecule has 1 unspecified atom stereocenters. The van der Waals surface area contributed by atoms with E-state index in [1.54, 1.807) is 18.0 Å². The summed E-state index contributed by atoms with van der Waals surface area (Å²) >= 11 is 3.32. The molecule has 0 aliphatic carbocycles. The number of Topliss-reactive ketones (excluding diaryl/α,β-unsaturated/α-hetero) is 1. The van der Waals surface area contributed by atoms with Gasteiger partial charge in [0.15, 0.2) is 5.78 Å². The van der Waals surface area contributed by atoms with Crippen molar-refractivity contribution in [2.45, 2.75) is 13.5 Å². The first-order chi connectivity index (χ1) is 7.61. The van der Waals surface area contributed by atoms with Gasteiger partial charge in [0.05, 0.1) is 23.8 Å². The van der Waals surface area contributed by atoms with E-state index in [0.717, 1.165) is 0 Å². The maximum Gasteiger partial charge on any atom is 0.186 e. The largest absolute Gasteiger partial charge is 0.383 e. The van der Waals surface area contributed by atoms with Crippen LogP contribution in [0, 0.1) is 5.92 Å². The van der Waals surface area contributed by atoms with Crippen LogP contribution in [0.4, 0.5) is 0 Å². The van der Waals surface area contributed by atoms with E-state index in [2.05, 4.69) is 21.0 Å². The monoisotopic (exact) mass is 289 g/mol. The molecule has 1 aromatic rings. The second-order valence-electron chi connectivity index (χ2n) is 3.56. The fourth-order valence-electron chi connectivity index (χ4n) is 1.30. The van der Waals surface area contributed by atoms with Crippen LogP contribution in [0.2, 0.25) is 0 Å². The molecule has 0 saturated heterocycles. The molecule has 6 heteroatoms. The summed E-state index contributed by atoms with van der Waals surface area (Å²) in [5.74, 6) is -0.197. The standard InChI is InChI=1S/C10H16BrN3O2/c1-7(5-12)10(15)9-8(11)6-13-14(9)3-4-16-2/h6-7H,3-5,12H2,1-2H3. The molecule has 0 fully saturated rings. The predicted molar refractivity (Wildman–Crippen MR) is 64.4 cm³/mol. The quantitative estimate of drug-likeness (QED) is 0.796. The van der Waals surface area contributed by atoms with Crippen molar-refractivity contribution >= 4 is 21.7 Å². The van der Waals surface area contributed by atoms with Crippen LogP contribution in [0.3, 0.4) is 0 Å². The number of rotatable bonds is 6. The van der Waals surface area contributed by atoms with E-state index < -0.39 is 0 Å². The molecule has 0 radical (unpaired) electrons. The number of nitrogens with two attached hydrogens (primary N) is 1. The number of ether oxygens (including phenoxy) is 1. The third-order valence-electron chi connectivity index (χ3n) is 2.34. The molecule has 0 saturated carbocycles. The highest BCUT2D eigenvalue weighted by atomic mass is 79.9. The molecule has 90 valence electrons. The maximum absolute atomic E-state index is 12.0. The smallest absolute Gasteiger partial charge is 0.186 e. The van der Waals surface area contributed by atoms with Crippen molar-refractivity contribution in [2.75, 3.05) is 20.3 Å². The lowest BCUT2D eigenvalue weighted by atomic mass is 10.0. The number of aromatic nitrogens is 2. The van der Waals surface area contributed by atoms with Gasteiger partial charge in [-0.2, -0.15) is 5.10 Å². The summed E-state index contributed by atoms with van der Waals surface area (Å²) in [6.45, 7) is 3.22. The Morgan fingerprint density at radius 3 is 3.00 bits per heavy atom. The summed E-state index contributed by atoms with van der Waals surface area (Å²) in [4.78, 5) is 12.0. The van der Waals surface area contributed by atoms with Gasteiger partial charge in [0, 0.05) is 19.6 Å². The molecule has 0 aliphatic rings. The van der Waals surface area contributed by atoms with E-state index in [0.29, 0.717) is 29.9 Å². The first-order valence-electron chi connectivity index (χ1n) is 5.06. The Labute approximate surface area is 103 Å². The number of carbonyl (C=O) groups excluding carboxylic acids is 1. The van der Waals surface area contributed by atoms with Gasteiger partial charge in [-0.1, -0.05) is 6.92 Å². The average Bonchev–Trinajstić information content (AvgIpc) is 2.65. The average molecular weight is 290 g/mol. The molecular formula is C10H16BrN3O2. The van der Waals surface area contributed by atoms with Crippen LogP contribution in [-0.4, -0.2) is 35.8 Å². The molecule has 2 N–H and O–H groups in total. The Bertz CT molecular complexity index is 365. The lowest BCUT2D eigenvalue weighted by molar-refractivity contribution is 0.0919. The number of hydrogen-bond donors (Lipinski definition) is 1. The van der Waals surface area contributed by atoms with E-state index in [9.17, 15) is 4.79 Å². The Hall–Kier alpha value is -0.720. The Morgan fingerprint density at radius 1 is 1.75 bits per heavy atom. The number of ketones is 1. The van der Waals surface area contributed by atoms with Crippen LogP contribution in [0.5, 0.6) is 0 Å². The zero-order valence-corrected chi connectivity index (χ0v) is 11.0. The fraction of sp³-hybridized carbons (Fsp3) is 0.600. The summed E-state index contributed by atoms with van der Waals surface area (Å²) in [6.07, 6.45) is 1.62. The molecule has 1 atom stereocenters. The van der Waals surface area contributed by atoms with Gasteiger partial charge >= 0.3 is 0 Å². The highest BCUT2D eigenvalue weighted by molar-refractivity contribution is 9.10. The van der Waals surface area contributed by atoms with E-state index in [1.807, 2.05) is 6.92 Å². The molecule has 16 heavy (non-hydrogen) atoms. The fourth-order valence-corrected chi connectivity index (χ4v) is 1.79. The summed E-state index contributed by atoms with van der Waals surface area (Å²) in [5.41, 5.74) is 6.05. The normalized spacial score (nSPS) is 12.8.